The van der Waals surface area contributed by atoms with E-state index in [4.69, 9.17) is 23.2 Å². The normalized spacial score (nSPS) is 18.7. The molecule has 19 heavy (non-hydrogen) atoms. The number of alkyl halides is 1. The SMILES string of the molecule is CCC1(Cn2c(C(C)Cl)nc3cc(Cl)ccc32)CC1. The Kier molecular flexibility index (Phi) is 3.26. The quantitative estimate of drug-likeness (QED) is 0.711. The van der Waals surface area contributed by atoms with Crippen molar-refractivity contribution in [2.24, 2.45) is 5.41 Å². The van der Waals surface area contributed by atoms with Crippen molar-refractivity contribution in [1.82, 2.24) is 9.55 Å². The topological polar surface area (TPSA) is 17.8 Å². The highest BCUT2D eigenvalue weighted by Gasteiger charge is 2.41. The van der Waals surface area contributed by atoms with E-state index in [2.05, 4.69) is 22.5 Å². The smallest absolute Gasteiger partial charge is 0.127 e. The lowest BCUT2D eigenvalue weighted by molar-refractivity contribution is 0.407. The molecule has 1 fully saturated rings. The van der Waals surface area contributed by atoms with E-state index in [1.165, 1.54) is 19.3 Å². The number of hydrogen-bond donors (Lipinski definition) is 0. The first-order valence-corrected chi connectivity index (χ1v) is 7.66. The van der Waals surface area contributed by atoms with E-state index in [1.807, 2.05) is 19.1 Å². The van der Waals surface area contributed by atoms with Crippen LogP contribution in [-0.4, -0.2) is 9.55 Å². The number of nitrogens with zero attached hydrogens (tertiary/aromatic N) is 2. The molecule has 1 aromatic carbocycles. The highest BCUT2D eigenvalue weighted by Crippen LogP contribution is 2.50. The van der Waals surface area contributed by atoms with E-state index >= 15 is 0 Å². The molecule has 1 atom stereocenters. The second-order valence-corrected chi connectivity index (χ2v) is 6.75. The Morgan fingerprint density at radius 3 is 2.74 bits per heavy atom. The zero-order chi connectivity index (χ0) is 13.6. The first kappa shape index (κ1) is 13.3. The van der Waals surface area contributed by atoms with Crippen LogP contribution in [0.1, 0.15) is 44.3 Å². The highest BCUT2D eigenvalue weighted by atomic mass is 35.5. The predicted molar refractivity (Wildman–Crippen MR) is 81.0 cm³/mol. The fourth-order valence-electron chi connectivity index (χ4n) is 2.73. The van der Waals surface area contributed by atoms with Crippen LogP contribution in [0.2, 0.25) is 5.02 Å². The minimum Gasteiger partial charge on any atom is -0.326 e. The first-order valence-electron chi connectivity index (χ1n) is 6.84. The van der Waals surface area contributed by atoms with Crippen molar-refractivity contribution in [3.05, 3.63) is 29.0 Å². The summed E-state index contributed by atoms with van der Waals surface area (Å²) in [6.45, 7) is 5.27. The van der Waals surface area contributed by atoms with Crippen LogP contribution in [0.3, 0.4) is 0 Å². The van der Waals surface area contributed by atoms with E-state index in [1.54, 1.807) is 0 Å². The molecule has 1 saturated carbocycles. The average Bonchev–Trinajstić information content (AvgIpc) is 3.06. The summed E-state index contributed by atoms with van der Waals surface area (Å²) in [6, 6.07) is 5.90. The molecule has 1 aromatic heterocycles. The monoisotopic (exact) mass is 296 g/mol. The van der Waals surface area contributed by atoms with Gasteiger partial charge < -0.3 is 4.57 Å². The summed E-state index contributed by atoms with van der Waals surface area (Å²) in [5.74, 6) is 0.957. The van der Waals surface area contributed by atoms with Crippen molar-refractivity contribution >= 4 is 34.2 Å². The molecule has 0 saturated heterocycles. The molecule has 4 heteroatoms. The summed E-state index contributed by atoms with van der Waals surface area (Å²) in [4.78, 5) is 4.67. The van der Waals surface area contributed by atoms with Crippen molar-refractivity contribution in [3.8, 4) is 0 Å². The molecule has 3 rings (SSSR count). The van der Waals surface area contributed by atoms with Gasteiger partial charge in [-0.1, -0.05) is 18.5 Å². The molecule has 0 bridgehead atoms. The standard InChI is InChI=1S/C15H18Cl2N2/c1-3-15(6-7-15)9-19-13-5-4-11(17)8-12(13)18-14(19)10(2)16/h4-5,8,10H,3,6-7,9H2,1-2H3. The van der Waals surface area contributed by atoms with Gasteiger partial charge in [0.25, 0.3) is 0 Å². The van der Waals surface area contributed by atoms with Gasteiger partial charge in [0.15, 0.2) is 0 Å². The number of rotatable bonds is 4. The van der Waals surface area contributed by atoms with E-state index in [0.29, 0.717) is 5.41 Å². The molecule has 1 aliphatic rings. The highest BCUT2D eigenvalue weighted by molar-refractivity contribution is 6.31. The summed E-state index contributed by atoms with van der Waals surface area (Å²) in [5.41, 5.74) is 2.56. The van der Waals surface area contributed by atoms with Gasteiger partial charge in [0.2, 0.25) is 0 Å². The number of benzene rings is 1. The van der Waals surface area contributed by atoms with E-state index in [-0.39, 0.29) is 5.38 Å². The Morgan fingerprint density at radius 2 is 2.16 bits per heavy atom. The van der Waals surface area contributed by atoms with Crippen LogP contribution in [0.4, 0.5) is 0 Å². The Hall–Kier alpha value is -0.730. The largest absolute Gasteiger partial charge is 0.326 e. The van der Waals surface area contributed by atoms with Gasteiger partial charge in [0.05, 0.1) is 16.4 Å². The molecule has 1 heterocycles. The molecule has 0 amide bonds. The molecule has 0 aliphatic heterocycles. The molecule has 0 spiro atoms. The molecule has 102 valence electrons. The summed E-state index contributed by atoms with van der Waals surface area (Å²) in [7, 11) is 0. The fourth-order valence-corrected chi connectivity index (χ4v) is 3.06. The lowest BCUT2D eigenvalue weighted by atomic mass is 10.0. The Morgan fingerprint density at radius 1 is 1.42 bits per heavy atom. The summed E-state index contributed by atoms with van der Waals surface area (Å²) in [6.07, 6.45) is 3.84. The maximum Gasteiger partial charge on any atom is 0.127 e. The second kappa shape index (κ2) is 4.68. The van der Waals surface area contributed by atoms with Gasteiger partial charge in [-0.15, -0.1) is 11.6 Å². The number of aromatic nitrogens is 2. The van der Waals surface area contributed by atoms with E-state index in [9.17, 15) is 0 Å². The van der Waals surface area contributed by atoms with Crippen molar-refractivity contribution < 1.29 is 0 Å². The van der Waals surface area contributed by atoms with Crippen LogP contribution in [0.25, 0.3) is 11.0 Å². The first-order chi connectivity index (χ1) is 9.04. The third-order valence-corrected chi connectivity index (χ3v) is 4.73. The van der Waals surface area contributed by atoms with Gasteiger partial charge >= 0.3 is 0 Å². The maximum atomic E-state index is 6.30. The molecule has 0 radical (unpaired) electrons. The van der Waals surface area contributed by atoms with Crippen molar-refractivity contribution in [2.75, 3.05) is 0 Å². The van der Waals surface area contributed by atoms with Gasteiger partial charge in [0, 0.05) is 11.6 Å². The van der Waals surface area contributed by atoms with Crippen LogP contribution in [0.5, 0.6) is 0 Å². The van der Waals surface area contributed by atoms with Crippen LogP contribution in [0.15, 0.2) is 18.2 Å². The van der Waals surface area contributed by atoms with Gasteiger partial charge in [-0.2, -0.15) is 0 Å². The third kappa shape index (κ3) is 2.36. The van der Waals surface area contributed by atoms with Gasteiger partial charge in [0.1, 0.15) is 5.82 Å². The second-order valence-electron chi connectivity index (χ2n) is 5.66. The van der Waals surface area contributed by atoms with Crippen molar-refractivity contribution in [1.29, 1.82) is 0 Å². The minimum atomic E-state index is -0.0844. The van der Waals surface area contributed by atoms with Crippen molar-refractivity contribution in [2.45, 2.75) is 45.0 Å². The average molecular weight is 297 g/mol. The molecule has 2 aromatic rings. The number of fused-ring (bicyclic) bond motifs is 1. The summed E-state index contributed by atoms with van der Waals surface area (Å²) < 4.78 is 2.29. The molecule has 2 nitrogen and oxygen atoms in total. The molecule has 1 unspecified atom stereocenters. The third-order valence-electron chi connectivity index (χ3n) is 4.30. The Labute approximate surface area is 123 Å². The van der Waals surface area contributed by atoms with Crippen molar-refractivity contribution in [3.63, 3.8) is 0 Å². The zero-order valence-corrected chi connectivity index (χ0v) is 12.8. The lowest BCUT2D eigenvalue weighted by Gasteiger charge is -2.17. The maximum absolute atomic E-state index is 6.30. The van der Waals surface area contributed by atoms with Crippen LogP contribution >= 0.6 is 23.2 Å². The lowest BCUT2D eigenvalue weighted by Crippen LogP contribution is -2.13. The van der Waals surface area contributed by atoms with Crippen LogP contribution in [0, 0.1) is 5.41 Å². The van der Waals surface area contributed by atoms with Crippen LogP contribution < -0.4 is 0 Å². The minimum absolute atomic E-state index is 0.0844. The Balaban J connectivity index is 2.11. The number of imidazole rings is 1. The molecule has 0 N–H and O–H groups in total. The predicted octanol–water partition coefficient (Wildman–Crippen LogP) is 5.18. The summed E-state index contributed by atoms with van der Waals surface area (Å²) >= 11 is 12.3. The molecular weight excluding hydrogens is 279 g/mol. The molecule has 1 aliphatic carbocycles. The van der Waals surface area contributed by atoms with Gasteiger partial charge in [-0.25, -0.2) is 4.98 Å². The summed E-state index contributed by atoms with van der Waals surface area (Å²) in [5, 5.41) is 0.640. The zero-order valence-electron chi connectivity index (χ0n) is 11.3. The van der Waals surface area contributed by atoms with Gasteiger partial charge in [-0.3, -0.25) is 0 Å². The fraction of sp³-hybridized carbons (Fsp3) is 0.533. The van der Waals surface area contributed by atoms with E-state index in [0.717, 1.165) is 28.4 Å². The number of hydrogen-bond acceptors (Lipinski definition) is 1. The van der Waals surface area contributed by atoms with Gasteiger partial charge in [-0.05, 0) is 49.8 Å². The van der Waals surface area contributed by atoms with Crippen LogP contribution in [-0.2, 0) is 6.54 Å². The number of halogens is 2. The Bertz CT molecular complexity index is 612. The molecular formula is C15H18Cl2N2. The van der Waals surface area contributed by atoms with E-state index < -0.39 is 0 Å².